The van der Waals surface area contributed by atoms with Gasteiger partial charge in [-0.3, -0.25) is 14.3 Å². The van der Waals surface area contributed by atoms with Crippen LogP contribution in [0.15, 0.2) is 41.4 Å². The minimum absolute atomic E-state index is 0.0397. The highest BCUT2D eigenvalue weighted by Crippen LogP contribution is 2.43. The van der Waals surface area contributed by atoms with Crippen molar-refractivity contribution in [2.45, 2.75) is 62.4 Å². The van der Waals surface area contributed by atoms with Crippen LogP contribution >= 0.6 is 11.6 Å². The number of ether oxygens (including phenoxy) is 1. The van der Waals surface area contributed by atoms with Gasteiger partial charge in [-0.15, -0.1) is 0 Å². The maximum absolute atomic E-state index is 15.8. The lowest BCUT2D eigenvalue weighted by Crippen LogP contribution is -2.44. The fraction of sp³-hybridized carbons (Fsp3) is 0.419. The molecule has 1 aliphatic carbocycles. The first-order valence-corrected chi connectivity index (χ1v) is 16.8. The zero-order valence-electron chi connectivity index (χ0n) is 24.9. The Labute approximate surface area is 264 Å². The second kappa shape index (κ2) is 12.4. The van der Waals surface area contributed by atoms with E-state index in [1.165, 1.54) is 6.07 Å². The zero-order valence-corrected chi connectivity index (χ0v) is 26.4. The molecule has 1 saturated carbocycles. The van der Waals surface area contributed by atoms with Crippen LogP contribution in [0.3, 0.4) is 0 Å². The highest BCUT2D eigenvalue weighted by Gasteiger charge is 2.32. The number of nitrogens with one attached hydrogen (secondary N) is 1. The van der Waals surface area contributed by atoms with E-state index in [1.807, 2.05) is 18.6 Å². The van der Waals surface area contributed by atoms with Crippen LogP contribution in [-0.4, -0.2) is 60.4 Å². The van der Waals surface area contributed by atoms with E-state index in [-0.39, 0.29) is 34.1 Å². The number of pyridine rings is 1. The number of hydrogen-bond donors (Lipinski definition) is 2. The van der Waals surface area contributed by atoms with Gasteiger partial charge < -0.3 is 10.5 Å². The van der Waals surface area contributed by atoms with Gasteiger partial charge in [-0.25, -0.2) is 26.6 Å². The lowest BCUT2D eigenvalue weighted by molar-refractivity contribution is 0.00731. The molecule has 4 aromatic rings. The van der Waals surface area contributed by atoms with Gasteiger partial charge in [0.05, 0.1) is 29.8 Å². The number of fused-ring (bicyclic) bond motifs is 1. The molecule has 2 fully saturated rings. The van der Waals surface area contributed by atoms with Gasteiger partial charge in [0.25, 0.3) is 10.0 Å². The van der Waals surface area contributed by atoms with Crippen molar-refractivity contribution >= 4 is 44.0 Å². The molecule has 2 aliphatic rings. The maximum Gasteiger partial charge on any atom is 0.264 e. The molecular weight excluding hydrogens is 629 g/mol. The van der Waals surface area contributed by atoms with Crippen LogP contribution in [0, 0.1) is 17.5 Å². The Morgan fingerprint density at radius 2 is 1.73 bits per heavy atom. The number of nitrogen functional groups attached to an aromatic ring is 1. The summed E-state index contributed by atoms with van der Waals surface area (Å²) >= 11 is 5.83. The first-order valence-electron chi connectivity index (χ1n) is 14.9. The minimum atomic E-state index is -4.64. The topological polar surface area (TPSA) is 115 Å². The van der Waals surface area contributed by atoms with E-state index in [9.17, 15) is 12.8 Å². The molecule has 6 rings (SSSR count). The molecule has 2 aromatic heterocycles. The first kappa shape index (κ1) is 31.6. The Balaban J connectivity index is 1.36. The minimum Gasteiger partial charge on any atom is -0.383 e. The molecule has 3 heterocycles. The van der Waals surface area contributed by atoms with Gasteiger partial charge >= 0.3 is 0 Å². The lowest BCUT2D eigenvalue weighted by Gasteiger charge is -2.39. The number of rotatable bonds is 7. The van der Waals surface area contributed by atoms with E-state index in [1.54, 1.807) is 10.9 Å². The number of benzene rings is 2. The Morgan fingerprint density at radius 1 is 1.02 bits per heavy atom. The standard InChI is InChI=1S/C31H34ClF3N6O3S/c1-17(2)41-30-22(18-3-6-20(7-4-18)40-9-11-44-12-10-40)16-37-31(36)28(30)29(38-41)21-14-25(35)26(15-24(21)34)39-45(42,43)27-13-19(32)5-8-23(27)33/h5,8,13-18,20,39H,3-4,6-7,9-12H2,1-2H3,(H2,36,37)/t18-,20-. The van der Waals surface area contributed by atoms with Gasteiger partial charge in [-0.1, -0.05) is 11.6 Å². The molecule has 240 valence electrons. The molecule has 14 heteroatoms. The Bertz CT molecular complexity index is 1860. The Morgan fingerprint density at radius 3 is 2.42 bits per heavy atom. The molecule has 1 saturated heterocycles. The molecule has 0 unspecified atom stereocenters. The van der Waals surface area contributed by atoms with Crippen molar-refractivity contribution in [2.75, 3.05) is 36.8 Å². The molecule has 0 amide bonds. The zero-order chi connectivity index (χ0) is 32.0. The summed E-state index contributed by atoms with van der Waals surface area (Å²) in [7, 11) is -4.64. The van der Waals surface area contributed by atoms with Crippen molar-refractivity contribution in [3.05, 3.63) is 64.6 Å². The third-order valence-electron chi connectivity index (χ3n) is 8.71. The van der Waals surface area contributed by atoms with Gasteiger partial charge in [-0.05, 0) is 75.3 Å². The van der Waals surface area contributed by atoms with E-state index in [4.69, 9.17) is 27.2 Å². The van der Waals surface area contributed by atoms with Crippen LogP contribution in [0.25, 0.3) is 22.2 Å². The van der Waals surface area contributed by atoms with Gasteiger partial charge in [-0.2, -0.15) is 5.10 Å². The fourth-order valence-corrected chi connectivity index (χ4v) is 7.86. The smallest absolute Gasteiger partial charge is 0.264 e. The van der Waals surface area contributed by atoms with Gasteiger partial charge in [0, 0.05) is 48.0 Å². The Kier molecular flexibility index (Phi) is 8.72. The van der Waals surface area contributed by atoms with Gasteiger partial charge in [0.2, 0.25) is 0 Å². The number of nitrogens with two attached hydrogens (primary N) is 1. The van der Waals surface area contributed by atoms with E-state index < -0.39 is 38.1 Å². The van der Waals surface area contributed by atoms with E-state index >= 15 is 8.78 Å². The van der Waals surface area contributed by atoms with Crippen molar-refractivity contribution in [1.82, 2.24) is 19.7 Å². The van der Waals surface area contributed by atoms with Crippen molar-refractivity contribution in [1.29, 1.82) is 0 Å². The molecule has 3 N–H and O–H groups in total. The highest BCUT2D eigenvalue weighted by atomic mass is 35.5. The average molecular weight is 663 g/mol. The molecular formula is C31H34ClF3N6O3S. The summed E-state index contributed by atoms with van der Waals surface area (Å²) < 4.78 is 80.4. The van der Waals surface area contributed by atoms with Gasteiger partial charge in [0.1, 0.15) is 33.9 Å². The van der Waals surface area contributed by atoms with E-state index in [0.29, 0.717) is 17.5 Å². The van der Waals surface area contributed by atoms with Crippen molar-refractivity contribution in [3.8, 4) is 11.3 Å². The molecule has 0 spiro atoms. The summed E-state index contributed by atoms with van der Waals surface area (Å²) in [5, 5.41) is 5.07. The lowest BCUT2D eigenvalue weighted by atomic mass is 9.81. The van der Waals surface area contributed by atoms with E-state index in [2.05, 4.69) is 9.88 Å². The third-order valence-corrected chi connectivity index (χ3v) is 10.3. The fourth-order valence-electron chi connectivity index (χ4n) is 6.46. The molecule has 9 nitrogen and oxygen atoms in total. The van der Waals surface area contributed by atoms with Crippen LogP contribution < -0.4 is 10.5 Å². The number of halogens is 4. The molecule has 0 atom stereocenters. The second-order valence-electron chi connectivity index (χ2n) is 11.9. The monoisotopic (exact) mass is 662 g/mol. The molecule has 0 bridgehead atoms. The first-order chi connectivity index (χ1) is 21.4. The predicted octanol–water partition coefficient (Wildman–Crippen LogP) is 6.49. The number of morpholine rings is 1. The summed E-state index contributed by atoms with van der Waals surface area (Å²) in [5.74, 6) is -2.83. The number of nitrogens with zero attached hydrogens (tertiary/aromatic N) is 4. The van der Waals surface area contributed by atoms with E-state index in [0.717, 1.165) is 81.3 Å². The average Bonchev–Trinajstić information content (AvgIpc) is 3.42. The van der Waals surface area contributed by atoms with Crippen LogP contribution in [0.5, 0.6) is 0 Å². The normalized spacial score (nSPS) is 19.8. The highest BCUT2D eigenvalue weighted by molar-refractivity contribution is 7.92. The third kappa shape index (κ3) is 6.10. The van der Waals surface area contributed by atoms with Crippen LogP contribution in [-0.2, 0) is 14.8 Å². The van der Waals surface area contributed by atoms with Crippen LogP contribution in [0.1, 0.15) is 57.1 Å². The number of anilines is 2. The number of aromatic nitrogens is 3. The van der Waals surface area contributed by atoms with Crippen molar-refractivity contribution in [3.63, 3.8) is 0 Å². The quantitative estimate of drug-likeness (QED) is 0.232. The van der Waals surface area contributed by atoms with Crippen LogP contribution in [0.2, 0.25) is 5.02 Å². The Hall–Kier alpha value is -3.39. The molecule has 45 heavy (non-hydrogen) atoms. The molecule has 1 aliphatic heterocycles. The number of hydrogen-bond acceptors (Lipinski definition) is 7. The maximum atomic E-state index is 15.8. The molecule has 2 aromatic carbocycles. The SMILES string of the molecule is CC(C)n1nc(-c2cc(F)c(NS(=O)(=O)c3cc(Cl)ccc3F)cc2F)c2c(N)ncc([C@H]3CC[C@H](N4CCOCC4)CC3)c21. The largest absolute Gasteiger partial charge is 0.383 e. The van der Waals surface area contributed by atoms with Crippen molar-refractivity contribution in [2.24, 2.45) is 0 Å². The van der Waals surface area contributed by atoms with Crippen LogP contribution in [0.4, 0.5) is 24.7 Å². The summed E-state index contributed by atoms with van der Waals surface area (Å²) in [4.78, 5) is 6.16. The summed E-state index contributed by atoms with van der Waals surface area (Å²) in [6, 6.07) is 4.84. The second-order valence-corrected chi connectivity index (χ2v) is 13.9. The van der Waals surface area contributed by atoms with Gasteiger partial charge in [0.15, 0.2) is 0 Å². The summed E-state index contributed by atoms with van der Waals surface area (Å²) in [6.45, 7) is 7.26. The summed E-state index contributed by atoms with van der Waals surface area (Å²) in [6.07, 6.45) is 5.69. The van der Waals surface area contributed by atoms with Crippen molar-refractivity contribution < 1.29 is 26.3 Å². The predicted molar refractivity (Wildman–Crippen MR) is 167 cm³/mol. The molecule has 0 radical (unpaired) electrons. The summed E-state index contributed by atoms with van der Waals surface area (Å²) in [5.41, 5.74) is 7.25. The number of sulfonamides is 1.